The molecule has 1 aromatic heterocycles. The molecule has 106 valence electrons. The van der Waals surface area contributed by atoms with Gasteiger partial charge in [-0.1, -0.05) is 30.1 Å². The summed E-state index contributed by atoms with van der Waals surface area (Å²) in [6.45, 7) is 3.11. The van der Waals surface area contributed by atoms with Crippen molar-refractivity contribution in [1.82, 2.24) is 9.29 Å². The molecular formula is C11H14Cl2N2O2S2. The van der Waals surface area contributed by atoms with Gasteiger partial charge in [-0.15, -0.1) is 0 Å². The standard InChI is InChI=1S/C11H14Cl2N2O2S2/c1-2-8-7-15(3-4-18-8)19(16,17)9-5-10(12)11(13)14-6-9/h5-6,8H,2-4,7H2,1H3. The van der Waals surface area contributed by atoms with E-state index < -0.39 is 10.0 Å². The summed E-state index contributed by atoms with van der Waals surface area (Å²) in [6, 6.07) is 1.36. The van der Waals surface area contributed by atoms with Gasteiger partial charge in [-0.2, -0.15) is 16.1 Å². The van der Waals surface area contributed by atoms with Crippen LogP contribution >= 0.6 is 35.0 Å². The average molecular weight is 341 g/mol. The number of pyridine rings is 1. The molecule has 8 heteroatoms. The highest BCUT2D eigenvalue weighted by Crippen LogP contribution is 2.28. The smallest absolute Gasteiger partial charge is 0.242 e. The first-order chi connectivity index (χ1) is 8.95. The van der Waals surface area contributed by atoms with Gasteiger partial charge in [0.05, 0.1) is 5.02 Å². The van der Waals surface area contributed by atoms with Crippen LogP contribution in [0.4, 0.5) is 0 Å². The Balaban J connectivity index is 2.28. The van der Waals surface area contributed by atoms with E-state index in [4.69, 9.17) is 23.2 Å². The molecule has 0 radical (unpaired) electrons. The molecule has 4 nitrogen and oxygen atoms in total. The van der Waals surface area contributed by atoms with Crippen molar-refractivity contribution in [2.45, 2.75) is 23.5 Å². The number of sulfonamides is 1. The average Bonchev–Trinajstić information content (AvgIpc) is 2.41. The number of halogens is 2. The van der Waals surface area contributed by atoms with Crippen molar-refractivity contribution < 1.29 is 8.42 Å². The summed E-state index contributed by atoms with van der Waals surface area (Å²) in [4.78, 5) is 3.90. The van der Waals surface area contributed by atoms with Crippen molar-refractivity contribution >= 4 is 45.0 Å². The summed E-state index contributed by atoms with van der Waals surface area (Å²) in [7, 11) is -3.53. The van der Waals surface area contributed by atoms with Crippen LogP contribution in [0.5, 0.6) is 0 Å². The first kappa shape index (κ1) is 15.4. The second-order valence-electron chi connectivity index (χ2n) is 4.21. The summed E-state index contributed by atoms with van der Waals surface area (Å²) in [5.41, 5.74) is 0. The van der Waals surface area contributed by atoms with Crippen LogP contribution in [0.15, 0.2) is 17.2 Å². The third kappa shape index (κ3) is 3.36. The molecule has 1 saturated heterocycles. The van der Waals surface area contributed by atoms with Crippen molar-refractivity contribution in [1.29, 1.82) is 0 Å². The monoisotopic (exact) mass is 340 g/mol. The molecule has 0 aromatic carbocycles. The van der Waals surface area contributed by atoms with Crippen LogP contribution in [0.2, 0.25) is 10.2 Å². The lowest BCUT2D eigenvalue weighted by molar-refractivity contribution is 0.416. The number of hydrogen-bond acceptors (Lipinski definition) is 4. The summed E-state index contributed by atoms with van der Waals surface area (Å²) in [6.07, 6.45) is 2.21. The Bertz CT molecular complexity index is 566. The molecule has 0 amide bonds. The van der Waals surface area contributed by atoms with Crippen molar-refractivity contribution in [2.75, 3.05) is 18.8 Å². The quantitative estimate of drug-likeness (QED) is 0.794. The molecule has 0 bridgehead atoms. The van der Waals surface area contributed by atoms with Gasteiger partial charge in [-0.05, 0) is 12.5 Å². The van der Waals surface area contributed by atoms with E-state index in [2.05, 4.69) is 11.9 Å². The zero-order chi connectivity index (χ0) is 14.0. The summed E-state index contributed by atoms with van der Waals surface area (Å²) in [5, 5.41) is 0.613. The summed E-state index contributed by atoms with van der Waals surface area (Å²) >= 11 is 13.4. The van der Waals surface area contributed by atoms with Gasteiger partial charge in [0.1, 0.15) is 10.0 Å². The molecule has 1 fully saturated rings. The molecule has 1 atom stereocenters. The van der Waals surface area contributed by atoms with E-state index >= 15 is 0 Å². The normalized spacial score (nSPS) is 21.5. The van der Waals surface area contributed by atoms with Crippen LogP contribution in [-0.4, -0.2) is 41.8 Å². The number of hydrogen-bond donors (Lipinski definition) is 0. The van der Waals surface area contributed by atoms with Crippen LogP contribution in [0.1, 0.15) is 13.3 Å². The highest BCUT2D eigenvalue weighted by Gasteiger charge is 2.30. The minimum Gasteiger partial charge on any atom is -0.242 e. The van der Waals surface area contributed by atoms with Gasteiger partial charge in [-0.25, -0.2) is 13.4 Å². The Labute approximate surface area is 127 Å². The van der Waals surface area contributed by atoms with E-state index in [0.29, 0.717) is 18.3 Å². The maximum Gasteiger partial charge on any atom is 0.244 e. The molecule has 1 aliphatic rings. The van der Waals surface area contributed by atoms with E-state index in [1.165, 1.54) is 16.6 Å². The maximum absolute atomic E-state index is 12.5. The molecule has 2 heterocycles. The van der Waals surface area contributed by atoms with E-state index in [-0.39, 0.29) is 15.1 Å². The first-order valence-corrected chi connectivity index (χ1v) is 9.12. The largest absolute Gasteiger partial charge is 0.244 e. The molecule has 1 aliphatic heterocycles. The Morgan fingerprint density at radius 3 is 2.89 bits per heavy atom. The fourth-order valence-electron chi connectivity index (χ4n) is 1.85. The van der Waals surface area contributed by atoms with Gasteiger partial charge in [0.15, 0.2) is 0 Å². The molecular weight excluding hydrogens is 327 g/mol. The molecule has 0 aliphatic carbocycles. The second-order valence-corrected chi connectivity index (χ2v) is 8.32. The molecule has 0 N–H and O–H groups in total. The van der Waals surface area contributed by atoms with Gasteiger partial charge >= 0.3 is 0 Å². The summed E-state index contributed by atoms with van der Waals surface area (Å²) in [5.74, 6) is 0.812. The highest BCUT2D eigenvalue weighted by atomic mass is 35.5. The first-order valence-electron chi connectivity index (χ1n) is 5.88. The number of aromatic nitrogens is 1. The van der Waals surface area contributed by atoms with Gasteiger partial charge in [-0.3, -0.25) is 0 Å². The van der Waals surface area contributed by atoms with E-state index in [0.717, 1.165) is 12.2 Å². The molecule has 0 spiro atoms. The fourth-order valence-corrected chi connectivity index (χ4v) is 5.03. The van der Waals surface area contributed by atoms with Crippen LogP contribution < -0.4 is 0 Å². The maximum atomic E-state index is 12.5. The minimum atomic E-state index is -3.53. The lowest BCUT2D eigenvalue weighted by atomic mass is 10.3. The van der Waals surface area contributed by atoms with Crippen molar-refractivity contribution in [3.8, 4) is 0 Å². The van der Waals surface area contributed by atoms with Crippen LogP contribution in [0.3, 0.4) is 0 Å². The Morgan fingerprint density at radius 2 is 2.26 bits per heavy atom. The van der Waals surface area contributed by atoms with Crippen LogP contribution in [0.25, 0.3) is 0 Å². The van der Waals surface area contributed by atoms with E-state index in [9.17, 15) is 8.42 Å². The topological polar surface area (TPSA) is 50.3 Å². The van der Waals surface area contributed by atoms with Gasteiger partial charge < -0.3 is 0 Å². The zero-order valence-electron chi connectivity index (χ0n) is 10.3. The second kappa shape index (κ2) is 6.18. The lowest BCUT2D eigenvalue weighted by Crippen LogP contribution is -2.41. The number of thioether (sulfide) groups is 1. The predicted molar refractivity (Wildman–Crippen MR) is 79.6 cm³/mol. The molecule has 19 heavy (non-hydrogen) atoms. The molecule has 1 unspecified atom stereocenters. The Kier molecular flexibility index (Phi) is 5.00. The van der Waals surface area contributed by atoms with E-state index in [1.807, 2.05) is 11.8 Å². The minimum absolute atomic E-state index is 0.101. The molecule has 1 aromatic rings. The van der Waals surface area contributed by atoms with Gasteiger partial charge in [0.2, 0.25) is 10.0 Å². The van der Waals surface area contributed by atoms with Crippen molar-refractivity contribution in [2.24, 2.45) is 0 Å². The highest BCUT2D eigenvalue weighted by molar-refractivity contribution is 8.00. The van der Waals surface area contributed by atoms with Crippen molar-refractivity contribution in [3.05, 3.63) is 22.4 Å². The Hall–Kier alpha value is -0.0100. The third-order valence-electron chi connectivity index (χ3n) is 2.97. The lowest BCUT2D eigenvalue weighted by Gasteiger charge is -2.30. The summed E-state index contributed by atoms with van der Waals surface area (Å²) < 4.78 is 26.5. The number of nitrogens with zero attached hydrogens (tertiary/aromatic N) is 2. The predicted octanol–water partition coefficient (Wildman–Crippen LogP) is 2.90. The van der Waals surface area contributed by atoms with Crippen LogP contribution in [0, 0.1) is 0 Å². The third-order valence-corrected chi connectivity index (χ3v) is 6.85. The van der Waals surface area contributed by atoms with Crippen molar-refractivity contribution in [3.63, 3.8) is 0 Å². The fraction of sp³-hybridized carbons (Fsp3) is 0.545. The zero-order valence-corrected chi connectivity index (χ0v) is 13.5. The SMILES string of the molecule is CCC1CN(S(=O)(=O)c2cnc(Cl)c(Cl)c2)CCS1. The van der Waals surface area contributed by atoms with Crippen LogP contribution in [-0.2, 0) is 10.0 Å². The molecule has 2 rings (SSSR count). The molecule has 0 saturated carbocycles. The van der Waals surface area contributed by atoms with E-state index in [1.54, 1.807) is 0 Å². The Morgan fingerprint density at radius 1 is 1.53 bits per heavy atom. The van der Waals surface area contributed by atoms with Gasteiger partial charge in [0, 0.05) is 30.3 Å². The van der Waals surface area contributed by atoms with Gasteiger partial charge in [0.25, 0.3) is 0 Å². The number of rotatable bonds is 3.